The predicted octanol–water partition coefficient (Wildman–Crippen LogP) is 3.07. The number of methoxy groups -OCH3 is 1. The smallest absolute Gasteiger partial charge is 0.270 e. The molecule has 0 unspecified atom stereocenters. The Kier molecular flexibility index (Phi) is 7.01. The third-order valence-electron chi connectivity index (χ3n) is 3.65. The molecule has 0 fully saturated rings. The number of amides is 2. The van der Waals surface area contributed by atoms with Crippen LogP contribution in [0.5, 0.6) is 5.75 Å². The van der Waals surface area contributed by atoms with Gasteiger partial charge in [0.1, 0.15) is 11.4 Å². The van der Waals surface area contributed by atoms with Gasteiger partial charge in [0.05, 0.1) is 7.11 Å². The predicted molar refractivity (Wildman–Crippen MR) is 96.5 cm³/mol. The summed E-state index contributed by atoms with van der Waals surface area (Å²) < 4.78 is 5.33. The highest BCUT2D eigenvalue weighted by atomic mass is 16.5. The summed E-state index contributed by atoms with van der Waals surface area (Å²) in [6, 6.07) is 7.38. The number of hydrogen-bond acceptors (Lipinski definition) is 3. The molecule has 0 saturated carbocycles. The van der Waals surface area contributed by atoms with Crippen molar-refractivity contribution in [1.29, 1.82) is 0 Å². The molecule has 0 atom stereocenters. The van der Waals surface area contributed by atoms with Gasteiger partial charge in [-0.3, -0.25) is 9.59 Å². The van der Waals surface area contributed by atoms with Crippen molar-refractivity contribution in [1.82, 2.24) is 10.2 Å². The minimum absolute atomic E-state index is 0.204. The molecule has 0 aliphatic carbocycles. The van der Waals surface area contributed by atoms with E-state index in [2.05, 4.69) is 5.32 Å². The zero-order valence-corrected chi connectivity index (χ0v) is 15.5. The molecule has 1 N–H and O–H groups in total. The molecule has 0 spiro atoms. The lowest BCUT2D eigenvalue weighted by molar-refractivity contribution is -0.132. The van der Waals surface area contributed by atoms with E-state index in [1.807, 2.05) is 58.9 Å². The molecular weight excluding hydrogens is 304 g/mol. The zero-order chi connectivity index (χ0) is 18.3. The van der Waals surface area contributed by atoms with Crippen LogP contribution in [-0.2, 0) is 9.59 Å². The molecule has 0 aliphatic rings. The number of rotatable bonds is 6. The average Bonchev–Trinajstić information content (AvgIpc) is 2.54. The van der Waals surface area contributed by atoms with Crippen LogP contribution < -0.4 is 10.1 Å². The van der Waals surface area contributed by atoms with Gasteiger partial charge in [0.25, 0.3) is 5.91 Å². The van der Waals surface area contributed by atoms with Crippen LogP contribution in [0, 0.1) is 5.41 Å². The molecule has 1 rings (SSSR count). The molecule has 0 heterocycles. The normalized spacial score (nSPS) is 11.8. The molecule has 2 amide bonds. The number of benzene rings is 1. The fourth-order valence-corrected chi connectivity index (χ4v) is 2.08. The number of para-hydroxylation sites is 1. The first-order chi connectivity index (χ1) is 11.2. The van der Waals surface area contributed by atoms with Crippen molar-refractivity contribution >= 4 is 17.9 Å². The monoisotopic (exact) mass is 332 g/mol. The van der Waals surface area contributed by atoms with Gasteiger partial charge >= 0.3 is 0 Å². The molecule has 5 nitrogen and oxygen atoms in total. The Morgan fingerprint density at radius 2 is 1.75 bits per heavy atom. The van der Waals surface area contributed by atoms with Gasteiger partial charge in [-0.25, -0.2) is 0 Å². The van der Waals surface area contributed by atoms with Gasteiger partial charge < -0.3 is 15.0 Å². The quantitative estimate of drug-likeness (QED) is 0.815. The van der Waals surface area contributed by atoms with Crippen molar-refractivity contribution in [3.8, 4) is 5.75 Å². The maximum atomic E-state index is 12.8. The second kappa shape index (κ2) is 8.52. The molecule has 0 radical (unpaired) electrons. The summed E-state index contributed by atoms with van der Waals surface area (Å²) in [6.07, 6.45) is 1.67. The van der Waals surface area contributed by atoms with Crippen molar-refractivity contribution in [2.24, 2.45) is 5.41 Å². The van der Waals surface area contributed by atoms with E-state index in [-0.39, 0.29) is 17.5 Å². The summed E-state index contributed by atoms with van der Waals surface area (Å²) in [4.78, 5) is 26.8. The third-order valence-corrected chi connectivity index (χ3v) is 3.65. The minimum atomic E-state index is -0.594. The number of carbonyl (C=O) groups is 2. The molecule has 1 aromatic rings. The number of hydrogen-bond donors (Lipinski definition) is 1. The van der Waals surface area contributed by atoms with E-state index in [9.17, 15) is 9.59 Å². The Bertz CT molecular complexity index is 611. The number of nitrogens with zero attached hydrogens (tertiary/aromatic N) is 1. The van der Waals surface area contributed by atoms with E-state index < -0.39 is 5.41 Å². The maximum Gasteiger partial charge on any atom is 0.270 e. The average molecular weight is 332 g/mol. The molecule has 132 valence electrons. The lowest BCUT2D eigenvalue weighted by Crippen LogP contribution is -2.41. The van der Waals surface area contributed by atoms with Gasteiger partial charge in [0.2, 0.25) is 5.91 Å². The Morgan fingerprint density at radius 1 is 1.17 bits per heavy atom. The van der Waals surface area contributed by atoms with E-state index in [0.29, 0.717) is 18.8 Å². The summed E-state index contributed by atoms with van der Waals surface area (Å²) in [5.41, 5.74) is 0.400. The van der Waals surface area contributed by atoms with Crippen molar-refractivity contribution < 1.29 is 14.3 Å². The summed E-state index contributed by atoms with van der Waals surface area (Å²) in [5.74, 6) is 0.236. The Balaban J connectivity index is 3.29. The number of likely N-dealkylation sites (N-methyl/N-ethyl adjacent to an activating group) is 1. The Labute approximate surface area is 144 Å². The first-order valence-corrected chi connectivity index (χ1v) is 8.20. The third kappa shape index (κ3) is 5.11. The molecule has 0 aliphatic heterocycles. The van der Waals surface area contributed by atoms with E-state index in [4.69, 9.17) is 4.74 Å². The van der Waals surface area contributed by atoms with Crippen molar-refractivity contribution in [2.75, 3.05) is 20.2 Å². The van der Waals surface area contributed by atoms with Crippen LogP contribution in [0.3, 0.4) is 0 Å². The molecule has 0 aromatic heterocycles. The van der Waals surface area contributed by atoms with Crippen LogP contribution in [0.25, 0.3) is 6.08 Å². The first-order valence-electron chi connectivity index (χ1n) is 8.20. The topological polar surface area (TPSA) is 58.6 Å². The van der Waals surface area contributed by atoms with Crippen molar-refractivity contribution in [2.45, 2.75) is 34.6 Å². The summed E-state index contributed by atoms with van der Waals surface area (Å²) in [7, 11) is 1.58. The van der Waals surface area contributed by atoms with Crippen molar-refractivity contribution in [3.63, 3.8) is 0 Å². The molecule has 0 bridgehead atoms. The van der Waals surface area contributed by atoms with Gasteiger partial charge in [0.15, 0.2) is 0 Å². The highest BCUT2D eigenvalue weighted by Crippen LogP contribution is 2.21. The maximum absolute atomic E-state index is 12.8. The SMILES string of the molecule is CCN(CC)C(=O)/C(=C\c1ccccc1OC)NC(=O)C(C)(C)C. The number of nitrogens with one attached hydrogen (secondary N) is 1. The van der Waals surface area contributed by atoms with Crippen LogP contribution >= 0.6 is 0 Å². The van der Waals surface area contributed by atoms with E-state index in [0.717, 1.165) is 5.56 Å². The van der Waals surface area contributed by atoms with Gasteiger partial charge in [-0.1, -0.05) is 39.0 Å². The van der Waals surface area contributed by atoms with Gasteiger partial charge in [-0.2, -0.15) is 0 Å². The van der Waals surface area contributed by atoms with Crippen molar-refractivity contribution in [3.05, 3.63) is 35.5 Å². The fraction of sp³-hybridized carbons (Fsp3) is 0.474. The van der Waals surface area contributed by atoms with E-state index in [1.165, 1.54) is 0 Å². The molecule has 0 saturated heterocycles. The fourth-order valence-electron chi connectivity index (χ4n) is 2.08. The standard InChI is InChI=1S/C19H28N2O3/c1-7-21(8-2)17(22)15(20-18(23)19(3,4)5)13-14-11-9-10-12-16(14)24-6/h9-13H,7-8H2,1-6H3,(H,20,23)/b15-13+. The van der Waals surface area contributed by atoms with Gasteiger partial charge in [-0.15, -0.1) is 0 Å². The Hall–Kier alpha value is -2.30. The lowest BCUT2D eigenvalue weighted by atomic mass is 9.95. The van der Waals surface area contributed by atoms with Gasteiger partial charge in [-0.05, 0) is 26.0 Å². The second-order valence-corrected chi connectivity index (χ2v) is 6.48. The summed E-state index contributed by atoms with van der Waals surface area (Å²) >= 11 is 0. The highest BCUT2D eigenvalue weighted by molar-refractivity contribution is 6.02. The molecule has 24 heavy (non-hydrogen) atoms. The van der Waals surface area contributed by atoms with E-state index in [1.54, 1.807) is 18.1 Å². The largest absolute Gasteiger partial charge is 0.496 e. The molecule has 1 aromatic carbocycles. The van der Waals surface area contributed by atoms with Gasteiger partial charge in [0, 0.05) is 24.1 Å². The van der Waals surface area contributed by atoms with E-state index >= 15 is 0 Å². The first kappa shape index (κ1) is 19.7. The number of carbonyl (C=O) groups excluding carboxylic acids is 2. The highest BCUT2D eigenvalue weighted by Gasteiger charge is 2.25. The number of ether oxygens (including phenoxy) is 1. The van der Waals surface area contributed by atoms with Crippen LogP contribution in [-0.4, -0.2) is 36.9 Å². The second-order valence-electron chi connectivity index (χ2n) is 6.48. The molecule has 5 heteroatoms. The lowest BCUT2D eigenvalue weighted by Gasteiger charge is -2.24. The van der Waals surface area contributed by atoms with Crippen LogP contribution in [0.15, 0.2) is 30.0 Å². The minimum Gasteiger partial charge on any atom is -0.496 e. The molecular formula is C19H28N2O3. The van der Waals surface area contributed by atoms with Crippen LogP contribution in [0.4, 0.5) is 0 Å². The summed E-state index contributed by atoms with van der Waals surface area (Å²) in [6.45, 7) is 10.4. The zero-order valence-electron chi connectivity index (χ0n) is 15.5. The Morgan fingerprint density at radius 3 is 2.25 bits per heavy atom. The summed E-state index contributed by atoms with van der Waals surface area (Å²) in [5, 5.41) is 2.78. The van der Waals surface area contributed by atoms with Crippen LogP contribution in [0.2, 0.25) is 0 Å². The van der Waals surface area contributed by atoms with Crippen LogP contribution in [0.1, 0.15) is 40.2 Å².